The van der Waals surface area contributed by atoms with E-state index in [0.29, 0.717) is 12.2 Å². The van der Waals surface area contributed by atoms with Gasteiger partial charge in [0, 0.05) is 12.6 Å². The van der Waals surface area contributed by atoms with Crippen LogP contribution in [-0.2, 0) is 0 Å². The lowest BCUT2D eigenvalue weighted by atomic mass is 10.2. The molecule has 16 heavy (non-hydrogen) atoms. The molecule has 0 aliphatic rings. The van der Waals surface area contributed by atoms with Crippen LogP contribution >= 0.6 is 0 Å². The van der Waals surface area contributed by atoms with Crippen molar-refractivity contribution in [2.45, 2.75) is 33.2 Å². The largest absolute Gasteiger partial charge is 0.382 e. The number of aromatic nitrogens is 2. The van der Waals surface area contributed by atoms with Gasteiger partial charge in [-0.1, -0.05) is 6.92 Å². The van der Waals surface area contributed by atoms with E-state index in [-0.39, 0.29) is 17.8 Å². The number of hydrogen-bond donors (Lipinski definition) is 1. The molecule has 1 aromatic heterocycles. The Hall–Kier alpha value is -1.65. The van der Waals surface area contributed by atoms with Crippen LogP contribution in [0.15, 0.2) is 12.4 Å². The zero-order chi connectivity index (χ0) is 12.1. The summed E-state index contributed by atoms with van der Waals surface area (Å²) < 4.78 is 0. The second kappa shape index (κ2) is 5.44. The monoisotopic (exact) mass is 222 g/mol. The number of rotatable bonds is 4. The molecule has 2 N–H and O–H groups in total. The van der Waals surface area contributed by atoms with Gasteiger partial charge in [0.15, 0.2) is 0 Å². The van der Waals surface area contributed by atoms with Crippen molar-refractivity contribution in [3.05, 3.63) is 18.1 Å². The normalized spacial score (nSPS) is 12.2. The van der Waals surface area contributed by atoms with E-state index in [0.717, 1.165) is 6.42 Å². The number of carbonyl (C=O) groups is 1. The quantitative estimate of drug-likeness (QED) is 0.834. The summed E-state index contributed by atoms with van der Waals surface area (Å²) in [6, 6.07) is 0.195. The molecule has 1 aromatic rings. The molecule has 0 aliphatic heterocycles. The van der Waals surface area contributed by atoms with Crippen molar-refractivity contribution in [3.8, 4) is 0 Å². The van der Waals surface area contributed by atoms with Crippen molar-refractivity contribution >= 4 is 11.7 Å². The molecule has 0 saturated heterocycles. The van der Waals surface area contributed by atoms with Gasteiger partial charge in [0.1, 0.15) is 11.5 Å². The minimum atomic E-state index is -0.114. The molecule has 0 spiro atoms. The molecule has 0 fully saturated rings. The number of nitrogens with zero attached hydrogens (tertiary/aromatic N) is 3. The molecule has 1 amide bonds. The summed E-state index contributed by atoms with van der Waals surface area (Å²) in [7, 11) is 0. The number of anilines is 1. The summed E-state index contributed by atoms with van der Waals surface area (Å²) in [4.78, 5) is 21.7. The molecule has 1 heterocycles. The first-order valence-corrected chi connectivity index (χ1v) is 5.48. The Kier molecular flexibility index (Phi) is 4.22. The Morgan fingerprint density at radius 2 is 2.19 bits per heavy atom. The van der Waals surface area contributed by atoms with Crippen molar-refractivity contribution in [1.29, 1.82) is 0 Å². The Balaban J connectivity index is 2.91. The first-order valence-electron chi connectivity index (χ1n) is 5.48. The first-order chi connectivity index (χ1) is 7.60. The third-order valence-electron chi connectivity index (χ3n) is 2.60. The average Bonchev–Trinajstić information content (AvgIpc) is 2.29. The van der Waals surface area contributed by atoms with Crippen LogP contribution in [0.3, 0.4) is 0 Å². The van der Waals surface area contributed by atoms with E-state index in [1.807, 2.05) is 20.8 Å². The maximum absolute atomic E-state index is 12.1. The second-order valence-electron chi connectivity index (χ2n) is 3.68. The first kappa shape index (κ1) is 12.4. The highest BCUT2D eigenvalue weighted by Crippen LogP contribution is 2.09. The summed E-state index contributed by atoms with van der Waals surface area (Å²) in [6.45, 7) is 6.67. The van der Waals surface area contributed by atoms with Gasteiger partial charge in [-0.15, -0.1) is 0 Å². The number of nitrogens with two attached hydrogens (primary N) is 1. The summed E-state index contributed by atoms with van der Waals surface area (Å²) in [6.07, 6.45) is 3.79. The van der Waals surface area contributed by atoms with E-state index >= 15 is 0 Å². The van der Waals surface area contributed by atoms with Crippen LogP contribution in [0, 0.1) is 0 Å². The van der Waals surface area contributed by atoms with Gasteiger partial charge in [-0.25, -0.2) is 4.98 Å². The lowest BCUT2D eigenvalue weighted by Gasteiger charge is -2.26. The number of nitrogen functional groups attached to an aromatic ring is 1. The number of hydrogen-bond acceptors (Lipinski definition) is 4. The van der Waals surface area contributed by atoms with Crippen LogP contribution in [0.4, 0.5) is 5.82 Å². The molecule has 5 nitrogen and oxygen atoms in total. The maximum atomic E-state index is 12.1. The van der Waals surface area contributed by atoms with Gasteiger partial charge < -0.3 is 10.6 Å². The highest BCUT2D eigenvalue weighted by molar-refractivity contribution is 5.92. The van der Waals surface area contributed by atoms with Crippen LogP contribution in [0.2, 0.25) is 0 Å². The molecular weight excluding hydrogens is 204 g/mol. The van der Waals surface area contributed by atoms with E-state index in [9.17, 15) is 4.79 Å². The third-order valence-corrected chi connectivity index (χ3v) is 2.60. The minimum absolute atomic E-state index is 0.114. The lowest BCUT2D eigenvalue weighted by molar-refractivity contribution is 0.0693. The van der Waals surface area contributed by atoms with E-state index in [1.165, 1.54) is 12.4 Å². The van der Waals surface area contributed by atoms with E-state index in [2.05, 4.69) is 9.97 Å². The van der Waals surface area contributed by atoms with Gasteiger partial charge in [0.2, 0.25) is 0 Å². The highest BCUT2D eigenvalue weighted by Gasteiger charge is 2.20. The average molecular weight is 222 g/mol. The molecule has 0 aliphatic carbocycles. The number of carbonyl (C=O) groups excluding carboxylic acids is 1. The highest BCUT2D eigenvalue weighted by atomic mass is 16.2. The molecule has 1 rings (SSSR count). The fourth-order valence-corrected chi connectivity index (χ4v) is 1.51. The van der Waals surface area contributed by atoms with Gasteiger partial charge in [-0.2, -0.15) is 0 Å². The van der Waals surface area contributed by atoms with Crippen LogP contribution in [0.1, 0.15) is 37.7 Å². The van der Waals surface area contributed by atoms with Gasteiger partial charge in [-0.3, -0.25) is 9.78 Å². The van der Waals surface area contributed by atoms with Gasteiger partial charge in [0.05, 0.1) is 12.4 Å². The zero-order valence-corrected chi connectivity index (χ0v) is 9.97. The topological polar surface area (TPSA) is 72.1 Å². The smallest absolute Gasteiger partial charge is 0.274 e. The zero-order valence-electron chi connectivity index (χ0n) is 9.97. The fraction of sp³-hybridized carbons (Fsp3) is 0.545. The fourth-order valence-electron chi connectivity index (χ4n) is 1.51. The molecule has 0 aromatic carbocycles. The summed E-state index contributed by atoms with van der Waals surface area (Å²) in [5.74, 6) is 0.155. The Bertz CT molecular complexity index is 367. The SMILES string of the molecule is CCC(C)N(CC)C(=O)c1cncc(N)n1. The van der Waals surface area contributed by atoms with Crippen molar-refractivity contribution in [2.24, 2.45) is 0 Å². The van der Waals surface area contributed by atoms with Crippen LogP contribution in [-0.4, -0.2) is 33.4 Å². The Morgan fingerprint density at radius 3 is 2.69 bits per heavy atom. The summed E-state index contributed by atoms with van der Waals surface area (Å²) >= 11 is 0. The van der Waals surface area contributed by atoms with Gasteiger partial charge in [0.25, 0.3) is 5.91 Å². The van der Waals surface area contributed by atoms with Crippen LogP contribution in [0.25, 0.3) is 0 Å². The molecule has 0 radical (unpaired) electrons. The molecule has 5 heteroatoms. The standard InChI is InChI=1S/C11H18N4O/c1-4-8(3)15(5-2)11(16)9-6-13-7-10(12)14-9/h6-8H,4-5H2,1-3H3,(H2,12,14). The van der Waals surface area contributed by atoms with E-state index in [1.54, 1.807) is 4.90 Å². The van der Waals surface area contributed by atoms with Gasteiger partial charge >= 0.3 is 0 Å². The van der Waals surface area contributed by atoms with Crippen molar-refractivity contribution in [3.63, 3.8) is 0 Å². The number of amides is 1. The molecule has 88 valence electrons. The molecule has 1 unspecified atom stereocenters. The minimum Gasteiger partial charge on any atom is -0.382 e. The predicted molar refractivity (Wildman–Crippen MR) is 62.9 cm³/mol. The molecule has 0 saturated carbocycles. The molecular formula is C11H18N4O. The van der Waals surface area contributed by atoms with Crippen molar-refractivity contribution < 1.29 is 4.79 Å². The Morgan fingerprint density at radius 1 is 1.50 bits per heavy atom. The maximum Gasteiger partial charge on any atom is 0.274 e. The van der Waals surface area contributed by atoms with E-state index < -0.39 is 0 Å². The third kappa shape index (κ3) is 2.68. The lowest BCUT2D eigenvalue weighted by Crippen LogP contribution is -2.38. The second-order valence-corrected chi connectivity index (χ2v) is 3.68. The van der Waals surface area contributed by atoms with Gasteiger partial charge in [-0.05, 0) is 20.3 Å². The van der Waals surface area contributed by atoms with Crippen LogP contribution < -0.4 is 5.73 Å². The summed E-state index contributed by atoms with van der Waals surface area (Å²) in [5.41, 5.74) is 5.81. The van der Waals surface area contributed by atoms with Crippen molar-refractivity contribution in [2.75, 3.05) is 12.3 Å². The molecule has 1 atom stereocenters. The van der Waals surface area contributed by atoms with E-state index in [4.69, 9.17) is 5.73 Å². The predicted octanol–water partition coefficient (Wildman–Crippen LogP) is 1.32. The summed E-state index contributed by atoms with van der Waals surface area (Å²) in [5, 5.41) is 0. The van der Waals surface area contributed by atoms with Crippen LogP contribution in [0.5, 0.6) is 0 Å². The Labute approximate surface area is 95.7 Å². The molecule has 0 bridgehead atoms. The van der Waals surface area contributed by atoms with Crippen molar-refractivity contribution in [1.82, 2.24) is 14.9 Å².